The van der Waals surface area contributed by atoms with Crippen LogP contribution in [0.5, 0.6) is 0 Å². The number of halogens is 1. The number of alkyl halides is 1. The molecule has 124 valence electrons. The number of rotatable bonds is 10. The van der Waals surface area contributed by atoms with Crippen LogP contribution in [0.15, 0.2) is 0 Å². The summed E-state index contributed by atoms with van der Waals surface area (Å²) in [6.45, 7) is 6.79. The van der Waals surface area contributed by atoms with Gasteiger partial charge in [0, 0.05) is 17.9 Å². The summed E-state index contributed by atoms with van der Waals surface area (Å²) in [6, 6.07) is 0.884. The minimum absolute atomic E-state index is 0.884. The first-order chi connectivity index (χ1) is 10.4. The van der Waals surface area contributed by atoms with E-state index in [9.17, 15) is 0 Å². The van der Waals surface area contributed by atoms with Crippen molar-refractivity contribution >= 4 is 15.9 Å². The van der Waals surface area contributed by atoms with Gasteiger partial charge >= 0.3 is 0 Å². The van der Waals surface area contributed by atoms with E-state index in [1.165, 1.54) is 109 Å². The number of piperidine rings is 1. The summed E-state index contributed by atoms with van der Waals surface area (Å²) in [5, 5.41) is 1.18. The van der Waals surface area contributed by atoms with Crippen molar-refractivity contribution in [1.82, 2.24) is 9.80 Å². The first-order valence-corrected chi connectivity index (χ1v) is 10.5. The highest BCUT2D eigenvalue weighted by Crippen LogP contribution is 2.20. The van der Waals surface area contributed by atoms with Gasteiger partial charge in [-0.15, -0.1) is 0 Å². The second-order valence-electron chi connectivity index (χ2n) is 7.00. The molecular formula is C18H35BrN2. The smallest absolute Gasteiger partial charge is 0.0235 e. The number of hydrogen-bond donors (Lipinski definition) is 0. The Labute approximate surface area is 140 Å². The molecule has 1 unspecified atom stereocenters. The Kier molecular flexibility index (Phi) is 9.31. The molecule has 0 amide bonds. The van der Waals surface area contributed by atoms with E-state index in [4.69, 9.17) is 0 Å². The molecule has 0 spiro atoms. The van der Waals surface area contributed by atoms with Crippen LogP contribution < -0.4 is 0 Å². The van der Waals surface area contributed by atoms with Crippen molar-refractivity contribution in [3.05, 3.63) is 0 Å². The van der Waals surface area contributed by atoms with Gasteiger partial charge in [0.05, 0.1) is 0 Å². The zero-order valence-electron chi connectivity index (χ0n) is 13.9. The monoisotopic (exact) mass is 358 g/mol. The van der Waals surface area contributed by atoms with Crippen LogP contribution in [0.3, 0.4) is 0 Å². The lowest BCUT2D eigenvalue weighted by atomic mass is 10.1. The Hall–Kier alpha value is 0.400. The van der Waals surface area contributed by atoms with E-state index < -0.39 is 0 Å². The Morgan fingerprint density at radius 2 is 1.43 bits per heavy atom. The van der Waals surface area contributed by atoms with Gasteiger partial charge in [0.25, 0.3) is 0 Å². The quantitative estimate of drug-likeness (QED) is 0.413. The first kappa shape index (κ1) is 17.7. The summed E-state index contributed by atoms with van der Waals surface area (Å²) >= 11 is 3.51. The SMILES string of the molecule is BrCCCCCCCCCN1CCC(N2CCCCC2)C1. The fourth-order valence-electron chi connectivity index (χ4n) is 3.91. The summed E-state index contributed by atoms with van der Waals surface area (Å²) in [5.41, 5.74) is 0. The van der Waals surface area contributed by atoms with Gasteiger partial charge in [0.1, 0.15) is 0 Å². The Bertz CT molecular complexity index is 254. The van der Waals surface area contributed by atoms with E-state index in [-0.39, 0.29) is 0 Å². The molecule has 0 radical (unpaired) electrons. The van der Waals surface area contributed by atoms with E-state index in [0.717, 1.165) is 6.04 Å². The topological polar surface area (TPSA) is 6.48 Å². The maximum atomic E-state index is 3.51. The van der Waals surface area contributed by atoms with Crippen LogP contribution in [0, 0.1) is 0 Å². The first-order valence-electron chi connectivity index (χ1n) is 9.42. The van der Waals surface area contributed by atoms with Gasteiger partial charge in [-0.05, 0) is 58.3 Å². The predicted octanol–water partition coefficient (Wildman–Crippen LogP) is 4.67. The molecule has 2 aliphatic heterocycles. The van der Waals surface area contributed by atoms with E-state index in [2.05, 4.69) is 25.7 Å². The van der Waals surface area contributed by atoms with Gasteiger partial charge in [-0.2, -0.15) is 0 Å². The van der Waals surface area contributed by atoms with E-state index in [1.54, 1.807) is 0 Å². The number of nitrogens with zero attached hydrogens (tertiary/aromatic N) is 2. The molecule has 0 N–H and O–H groups in total. The minimum Gasteiger partial charge on any atom is -0.302 e. The number of hydrogen-bond acceptors (Lipinski definition) is 2. The van der Waals surface area contributed by atoms with Crippen LogP contribution in [0.4, 0.5) is 0 Å². The normalized spacial score (nSPS) is 24.7. The highest BCUT2D eigenvalue weighted by Gasteiger charge is 2.27. The zero-order valence-corrected chi connectivity index (χ0v) is 15.5. The van der Waals surface area contributed by atoms with Crippen molar-refractivity contribution in [2.75, 3.05) is 38.1 Å². The molecule has 0 bridgehead atoms. The standard InChI is InChI=1S/C18H35BrN2/c19-12-7-4-2-1-3-5-8-13-20-16-11-18(17-20)21-14-9-6-10-15-21/h18H,1-17H2. The van der Waals surface area contributed by atoms with Crippen molar-refractivity contribution in [3.63, 3.8) is 0 Å². The van der Waals surface area contributed by atoms with Crippen molar-refractivity contribution in [2.45, 2.75) is 76.7 Å². The summed E-state index contributed by atoms with van der Waals surface area (Å²) in [6.07, 6.45) is 15.7. The van der Waals surface area contributed by atoms with Crippen LogP contribution in [0.2, 0.25) is 0 Å². The molecule has 2 saturated heterocycles. The molecule has 0 aromatic carbocycles. The Morgan fingerprint density at radius 3 is 2.14 bits per heavy atom. The molecule has 2 rings (SSSR count). The molecular weight excluding hydrogens is 324 g/mol. The molecule has 0 saturated carbocycles. The molecule has 2 aliphatic rings. The maximum absolute atomic E-state index is 3.51. The number of unbranched alkanes of at least 4 members (excludes halogenated alkanes) is 6. The molecule has 2 heterocycles. The molecule has 2 fully saturated rings. The lowest BCUT2D eigenvalue weighted by Gasteiger charge is -2.32. The minimum atomic E-state index is 0.884. The van der Waals surface area contributed by atoms with Crippen molar-refractivity contribution in [3.8, 4) is 0 Å². The third kappa shape index (κ3) is 7.00. The zero-order chi connectivity index (χ0) is 14.8. The van der Waals surface area contributed by atoms with E-state index in [1.807, 2.05) is 0 Å². The molecule has 0 aromatic heterocycles. The maximum Gasteiger partial charge on any atom is 0.0235 e. The lowest BCUT2D eigenvalue weighted by Crippen LogP contribution is -2.40. The molecule has 0 aromatic rings. The second-order valence-corrected chi connectivity index (χ2v) is 7.80. The largest absolute Gasteiger partial charge is 0.302 e. The molecule has 21 heavy (non-hydrogen) atoms. The Morgan fingerprint density at radius 1 is 0.762 bits per heavy atom. The van der Waals surface area contributed by atoms with Crippen LogP contribution >= 0.6 is 15.9 Å². The van der Waals surface area contributed by atoms with Crippen LogP contribution in [-0.2, 0) is 0 Å². The molecule has 3 heteroatoms. The third-order valence-corrected chi connectivity index (χ3v) is 5.82. The van der Waals surface area contributed by atoms with Gasteiger partial charge in [-0.25, -0.2) is 0 Å². The molecule has 2 nitrogen and oxygen atoms in total. The van der Waals surface area contributed by atoms with Crippen molar-refractivity contribution < 1.29 is 0 Å². The second kappa shape index (κ2) is 11.0. The van der Waals surface area contributed by atoms with Gasteiger partial charge < -0.3 is 4.90 Å². The fourth-order valence-corrected chi connectivity index (χ4v) is 4.31. The van der Waals surface area contributed by atoms with E-state index in [0.29, 0.717) is 0 Å². The van der Waals surface area contributed by atoms with Crippen molar-refractivity contribution in [2.24, 2.45) is 0 Å². The number of likely N-dealkylation sites (tertiary alicyclic amines) is 2. The summed E-state index contributed by atoms with van der Waals surface area (Å²) in [7, 11) is 0. The van der Waals surface area contributed by atoms with Crippen LogP contribution in [0.25, 0.3) is 0 Å². The van der Waals surface area contributed by atoms with Crippen LogP contribution in [-0.4, -0.2) is 53.9 Å². The van der Waals surface area contributed by atoms with Gasteiger partial charge in [0.15, 0.2) is 0 Å². The van der Waals surface area contributed by atoms with Crippen molar-refractivity contribution in [1.29, 1.82) is 0 Å². The van der Waals surface area contributed by atoms with Gasteiger partial charge in [-0.1, -0.05) is 54.5 Å². The van der Waals surface area contributed by atoms with Gasteiger partial charge in [0.2, 0.25) is 0 Å². The average Bonchev–Trinajstić information content (AvgIpc) is 3.00. The van der Waals surface area contributed by atoms with Crippen LogP contribution in [0.1, 0.15) is 70.6 Å². The average molecular weight is 359 g/mol. The highest BCUT2D eigenvalue weighted by atomic mass is 79.9. The predicted molar refractivity (Wildman–Crippen MR) is 96.4 cm³/mol. The fraction of sp³-hybridized carbons (Fsp3) is 1.00. The summed E-state index contributed by atoms with van der Waals surface area (Å²) in [4.78, 5) is 5.50. The Balaban J connectivity index is 1.45. The van der Waals surface area contributed by atoms with E-state index >= 15 is 0 Å². The molecule has 1 atom stereocenters. The third-order valence-electron chi connectivity index (χ3n) is 5.26. The highest BCUT2D eigenvalue weighted by molar-refractivity contribution is 9.09. The summed E-state index contributed by atoms with van der Waals surface area (Å²) < 4.78 is 0. The van der Waals surface area contributed by atoms with Gasteiger partial charge in [-0.3, -0.25) is 4.90 Å². The lowest BCUT2D eigenvalue weighted by molar-refractivity contribution is 0.162. The summed E-state index contributed by atoms with van der Waals surface area (Å²) in [5.74, 6) is 0. The molecule has 0 aliphatic carbocycles.